The number of alkyl halides is 3. The number of nitrogens with two attached hydrogens (primary N) is 1. The van der Waals surface area contributed by atoms with Crippen LogP contribution in [0.4, 0.5) is 13.2 Å². The first-order chi connectivity index (χ1) is 23.1. The van der Waals surface area contributed by atoms with Crippen LogP contribution in [-0.4, -0.2) is 55.0 Å². The first-order valence-electron chi connectivity index (χ1n) is 15.8. The highest BCUT2D eigenvalue weighted by Crippen LogP contribution is 2.39. The van der Waals surface area contributed by atoms with Crippen molar-refractivity contribution >= 4 is 5.91 Å². The van der Waals surface area contributed by atoms with Crippen molar-refractivity contribution in [1.82, 2.24) is 14.9 Å². The van der Waals surface area contributed by atoms with E-state index in [1.165, 1.54) is 6.07 Å². The molecule has 5 aromatic rings. The first-order valence-corrected chi connectivity index (χ1v) is 15.8. The summed E-state index contributed by atoms with van der Waals surface area (Å²) in [6.07, 6.45) is -4.51. The summed E-state index contributed by atoms with van der Waals surface area (Å²) in [7, 11) is 0. The highest BCUT2D eigenvalue weighted by molar-refractivity contribution is 5.94. The number of rotatable bonds is 14. The molecule has 1 aromatic heterocycles. The first kappa shape index (κ1) is 34.6. The number of halogens is 3. The zero-order valence-electron chi connectivity index (χ0n) is 27.0. The van der Waals surface area contributed by atoms with Crippen molar-refractivity contribution in [3.63, 3.8) is 0 Å². The van der Waals surface area contributed by atoms with E-state index in [0.717, 1.165) is 45.6 Å². The third-order valence-corrected chi connectivity index (χ3v) is 7.79. The number of carbonyl (C=O) groups is 1. The highest BCUT2D eigenvalue weighted by atomic mass is 19.4. The van der Waals surface area contributed by atoms with E-state index in [-0.39, 0.29) is 5.91 Å². The zero-order valence-corrected chi connectivity index (χ0v) is 27.0. The van der Waals surface area contributed by atoms with Gasteiger partial charge in [-0.2, -0.15) is 13.2 Å². The molecule has 0 spiro atoms. The molecule has 5 rings (SSSR count). The topological polar surface area (TPSA) is 91.4 Å². The molecular formula is C38H39F3N4O3. The lowest BCUT2D eigenvalue weighted by molar-refractivity contribution is -0.137. The second-order valence-electron chi connectivity index (χ2n) is 11.5. The van der Waals surface area contributed by atoms with E-state index >= 15 is 0 Å². The smallest absolute Gasteiger partial charge is 0.378 e. The molecule has 0 aliphatic rings. The number of hydrogen-bond donors (Lipinski definition) is 2. The summed E-state index contributed by atoms with van der Waals surface area (Å²) in [5.41, 5.74) is 11.6. The normalized spacial score (nSPS) is 11.5. The molecule has 0 fully saturated rings. The van der Waals surface area contributed by atoms with Gasteiger partial charge in [0.1, 0.15) is 5.82 Å². The molecule has 0 atom stereocenters. The van der Waals surface area contributed by atoms with Gasteiger partial charge in [-0.05, 0) is 43.7 Å². The molecule has 250 valence electrons. The fraction of sp³-hybridized carbons (Fsp3) is 0.263. The molecule has 0 bridgehead atoms. The standard InChI is InChI=1S/C38H39F3N4O3/c1-26-6-12-29(13-7-26)34-35(30-14-8-27(2)9-15-30)45(36(44-34)32-4-3-5-33(24-32)38(39,40)41)25-28-10-16-31(17-11-28)37(46)43-19-21-48-23-22-47-20-18-42/h3-17,24H,18-23,25,42H2,1-2H3,(H,43,46). The van der Waals surface area contributed by atoms with Gasteiger partial charge in [-0.3, -0.25) is 4.79 Å². The molecule has 3 N–H and O–H groups in total. The molecule has 1 amide bonds. The van der Waals surface area contributed by atoms with Crippen LogP contribution in [0.25, 0.3) is 33.9 Å². The average molecular weight is 657 g/mol. The summed E-state index contributed by atoms with van der Waals surface area (Å²) >= 11 is 0. The number of imidazole rings is 1. The van der Waals surface area contributed by atoms with E-state index in [9.17, 15) is 18.0 Å². The molecule has 0 aliphatic carbocycles. The summed E-state index contributed by atoms with van der Waals surface area (Å²) in [5.74, 6) is 0.168. The van der Waals surface area contributed by atoms with Crippen molar-refractivity contribution < 1.29 is 27.4 Å². The SMILES string of the molecule is Cc1ccc(-c2nc(-c3cccc(C(F)(F)F)c3)n(Cc3ccc(C(=O)NCCOCCOCCN)cc3)c2-c2ccc(C)cc2)cc1. The molecule has 0 saturated carbocycles. The third kappa shape index (κ3) is 8.77. The van der Waals surface area contributed by atoms with Crippen molar-refractivity contribution in [2.75, 3.05) is 39.5 Å². The Hall–Kier alpha value is -4.77. The minimum atomic E-state index is -4.51. The Bertz CT molecular complexity index is 1800. The van der Waals surface area contributed by atoms with Crippen molar-refractivity contribution in [2.45, 2.75) is 26.6 Å². The molecule has 10 heteroatoms. The van der Waals surface area contributed by atoms with Gasteiger partial charge in [0.05, 0.1) is 43.4 Å². The summed E-state index contributed by atoms with van der Waals surface area (Å²) in [6, 6.07) is 28.4. The second kappa shape index (κ2) is 15.9. The van der Waals surface area contributed by atoms with E-state index in [2.05, 4.69) is 5.32 Å². The largest absolute Gasteiger partial charge is 0.416 e. The van der Waals surface area contributed by atoms with Crippen LogP contribution in [0.5, 0.6) is 0 Å². The van der Waals surface area contributed by atoms with Crippen molar-refractivity contribution in [1.29, 1.82) is 0 Å². The zero-order chi connectivity index (χ0) is 34.1. The maximum atomic E-state index is 13.8. The van der Waals surface area contributed by atoms with E-state index in [1.54, 1.807) is 18.2 Å². The Morgan fingerprint density at radius 3 is 2.04 bits per heavy atom. The van der Waals surface area contributed by atoms with Crippen LogP contribution in [-0.2, 0) is 22.2 Å². The predicted molar refractivity (Wildman–Crippen MR) is 182 cm³/mol. The highest BCUT2D eigenvalue weighted by Gasteiger charge is 2.31. The Balaban J connectivity index is 1.48. The van der Waals surface area contributed by atoms with E-state index < -0.39 is 11.7 Å². The molecular weight excluding hydrogens is 617 g/mol. The number of nitrogens with one attached hydrogen (secondary N) is 1. The molecule has 4 aromatic carbocycles. The lowest BCUT2D eigenvalue weighted by atomic mass is 10.0. The minimum absolute atomic E-state index is 0.237. The van der Waals surface area contributed by atoms with Crippen molar-refractivity contribution in [2.24, 2.45) is 5.73 Å². The number of benzene rings is 4. The molecule has 7 nitrogen and oxygen atoms in total. The molecule has 1 heterocycles. The lowest BCUT2D eigenvalue weighted by Crippen LogP contribution is -2.27. The van der Waals surface area contributed by atoms with Crippen LogP contribution in [0.2, 0.25) is 0 Å². The number of aromatic nitrogens is 2. The molecule has 48 heavy (non-hydrogen) atoms. The minimum Gasteiger partial charge on any atom is -0.378 e. The fourth-order valence-electron chi connectivity index (χ4n) is 5.27. The van der Waals surface area contributed by atoms with Gasteiger partial charge in [0, 0.05) is 41.9 Å². The van der Waals surface area contributed by atoms with Crippen molar-refractivity contribution in [3.8, 4) is 33.9 Å². The van der Waals surface area contributed by atoms with Gasteiger partial charge >= 0.3 is 6.18 Å². The Kier molecular flexibility index (Phi) is 11.4. The summed E-state index contributed by atoms with van der Waals surface area (Å²) < 4.78 is 54.2. The van der Waals surface area contributed by atoms with Crippen molar-refractivity contribution in [3.05, 3.63) is 125 Å². The number of aryl methyl sites for hydroxylation is 2. The maximum Gasteiger partial charge on any atom is 0.416 e. The number of amides is 1. The van der Waals surface area contributed by atoms with Gasteiger partial charge in [-0.1, -0.05) is 83.9 Å². The number of ether oxygens (including phenoxy) is 2. The predicted octanol–water partition coefficient (Wildman–Crippen LogP) is 7.29. The Morgan fingerprint density at radius 2 is 1.42 bits per heavy atom. The summed E-state index contributed by atoms with van der Waals surface area (Å²) in [4.78, 5) is 17.8. The van der Waals surface area contributed by atoms with Crippen LogP contribution in [0.15, 0.2) is 97.1 Å². The van der Waals surface area contributed by atoms with Gasteiger partial charge < -0.3 is 25.1 Å². The Labute approximate surface area is 278 Å². The molecule has 0 radical (unpaired) electrons. The second-order valence-corrected chi connectivity index (χ2v) is 11.5. The fourth-order valence-corrected chi connectivity index (χ4v) is 5.27. The molecule has 0 aliphatic heterocycles. The van der Waals surface area contributed by atoms with Gasteiger partial charge in [-0.25, -0.2) is 4.98 Å². The summed E-state index contributed by atoms with van der Waals surface area (Å²) in [6.45, 7) is 6.77. The van der Waals surface area contributed by atoms with E-state index in [1.807, 2.05) is 79.1 Å². The van der Waals surface area contributed by atoms with Crippen LogP contribution in [0.3, 0.4) is 0 Å². The lowest BCUT2D eigenvalue weighted by Gasteiger charge is -2.15. The van der Waals surface area contributed by atoms with Gasteiger partial charge in [0.2, 0.25) is 0 Å². The molecule has 0 unspecified atom stereocenters. The number of nitrogens with zero attached hydrogens (tertiary/aromatic N) is 2. The number of carbonyl (C=O) groups excluding carboxylic acids is 1. The summed E-state index contributed by atoms with van der Waals surface area (Å²) in [5, 5.41) is 2.85. The monoisotopic (exact) mass is 656 g/mol. The number of hydrogen-bond acceptors (Lipinski definition) is 5. The van der Waals surface area contributed by atoms with E-state index in [0.29, 0.717) is 68.7 Å². The van der Waals surface area contributed by atoms with Gasteiger partial charge in [0.25, 0.3) is 5.91 Å². The van der Waals surface area contributed by atoms with Gasteiger partial charge in [0.15, 0.2) is 0 Å². The third-order valence-electron chi connectivity index (χ3n) is 7.79. The Morgan fingerprint density at radius 1 is 0.792 bits per heavy atom. The van der Waals surface area contributed by atoms with Crippen LogP contribution in [0.1, 0.15) is 32.6 Å². The quantitative estimate of drug-likeness (QED) is 0.123. The van der Waals surface area contributed by atoms with Crippen LogP contribution in [0, 0.1) is 13.8 Å². The average Bonchev–Trinajstić information content (AvgIpc) is 3.45. The van der Waals surface area contributed by atoms with E-state index in [4.69, 9.17) is 20.2 Å². The van der Waals surface area contributed by atoms with Crippen LogP contribution >= 0.6 is 0 Å². The van der Waals surface area contributed by atoms with Crippen LogP contribution < -0.4 is 11.1 Å². The van der Waals surface area contributed by atoms with Gasteiger partial charge in [-0.15, -0.1) is 0 Å². The molecule has 0 saturated heterocycles. The maximum absolute atomic E-state index is 13.8.